The van der Waals surface area contributed by atoms with Crippen LogP contribution >= 0.6 is 0 Å². The maximum Gasteiger partial charge on any atom is 0.397 e. The van der Waals surface area contributed by atoms with Crippen molar-refractivity contribution in [2.75, 3.05) is 0 Å². The molecule has 2 N–H and O–H groups in total. The largest absolute Gasteiger partial charge is 0.481 e. The standard InChI is InChI=1S/C8H12F3NO3/c1-4(7(14)15)5(2)12-6(13)3-8(9,10)11/h4-5H,3H2,1-2H3,(H,12,13)(H,14,15). The summed E-state index contributed by atoms with van der Waals surface area (Å²) >= 11 is 0. The van der Waals surface area contributed by atoms with Gasteiger partial charge in [-0.1, -0.05) is 0 Å². The van der Waals surface area contributed by atoms with E-state index >= 15 is 0 Å². The number of nitrogens with one attached hydrogen (secondary N) is 1. The molecular formula is C8H12F3NO3. The molecule has 88 valence electrons. The van der Waals surface area contributed by atoms with E-state index in [0.29, 0.717) is 0 Å². The van der Waals surface area contributed by atoms with Gasteiger partial charge in [0.1, 0.15) is 6.42 Å². The molecular weight excluding hydrogens is 215 g/mol. The molecule has 15 heavy (non-hydrogen) atoms. The number of rotatable bonds is 4. The van der Waals surface area contributed by atoms with E-state index in [0.717, 1.165) is 0 Å². The highest BCUT2D eigenvalue weighted by atomic mass is 19.4. The minimum absolute atomic E-state index is 0.836. The molecule has 2 unspecified atom stereocenters. The normalized spacial score (nSPS) is 15.5. The fraction of sp³-hybridized carbons (Fsp3) is 0.750. The molecule has 0 rings (SSSR count). The second-order valence-corrected chi connectivity index (χ2v) is 3.28. The Kier molecular flexibility index (Phi) is 4.57. The lowest BCUT2D eigenvalue weighted by molar-refractivity contribution is -0.154. The van der Waals surface area contributed by atoms with Crippen LogP contribution in [0, 0.1) is 5.92 Å². The summed E-state index contributed by atoms with van der Waals surface area (Å²) in [5.74, 6) is -3.32. The molecule has 0 aromatic carbocycles. The van der Waals surface area contributed by atoms with Crippen LogP contribution in [-0.2, 0) is 9.59 Å². The van der Waals surface area contributed by atoms with Crippen LogP contribution < -0.4 is 5.32 Å². The van der Waals surface area contributed by atoms with Crippen molar-refractivity contribution in [3.63, 3.8) is 0 Å². The number of hydrogen-bond acceptors (Lipinski definition) is 2. The topological polar surface area (TPSA) is 66.4 Å². The van der Waals surface area contributed by atoms with Crippen LogP contribution in [0.3, 0.4) is 0 Å². The number of carboxylic acids is 1. The third-order valence-corrected chi connectivity index (χ3v) is 1.89. The summed E-state index contributed by atoms with van der Waals surface area (Å²) in [7, 11) is 0. The fourth-order valence-electron chi connectivity index (χ4n) is 0.826. The van der Waals surface area contributed by atoms with Gasteiger partial charge in [0, 0.05) is 6.04 Å². The minimum Gasteiger partial charge on any atom is -0.481 e. The van der Waals surface area contributed by atoms with Gasteiger partial charge in [0.25, 0.3) is 0 Å². The van der Waals surface area contributed by atoms with Gasteiger partial charge >= 0.3 is 12.1 Å². The number of carbonyl (C=O) groups excluding carboxylic acids is 1. The molecule has 0 saturated carbocycles. The summed E-state index contributed by atoms with van der Waals surface area (Å²) < 4.78 is 35.2. The highest BCUT2D eigenvalue weighted by molar-refractivity contribution is 5.78. The molecule has 4 nitrogen and oxygen atoms in total. The Balaban J connectivity index is 4.13. The smallest absolute Gasteiger partial charge is 0.397 e. The van der Waals surface area contributed by atoms with Crippen molar-refractivity contribution in [3.8, 4) is 0 Å². The Bertz CT molecular complexity index is 252. The fourth-order valence-corrected chi connectivity index (χ4v) is 0.826. The number of carboxylic acid groups (broad SMARTS) is 1. The molecule has 0 aliphatic heterocycles. The lowest BCUT2D eigenvalue weighted by atomic mass is 10.0. The zero-order valence-corrected chi connectivity index (χ0v) is 8.26. The Morgan fingerprint density at radius 3 is 2.13 bits per heavy atom. The summed E-state index contributed by atoms with van der Waals surface area (Å²) in [5.41, 5.74) is 0. The van der Waals surface area contributed by atoms with Crippen LogP contribution in [-0.4, -0.2) is 29.2 Å². The summed E-state index contributed by atoms with van der Waals surface area (Å²) in [4.78, 5) is 21.2. The number of amides is 1. The number of aliphatic carboxylic acids is 1. The van der Waals surface area contributed by atoms with Crippen molar-refractivity contribution in [3.05, 3.63) is 0 Å². The average molecular weight is 227 g/mol. The van der Waals surface area contributed by atoms with Crippen molar-refractivity contribution in [1.82, 2.24) is 5.32 Å². The molecule has 7 heteroatoms. The Hall–Kier alpha value is -1.27. The van der Waals surface area contributed by atoms with E-state index in [1.54, 1.807) is 0 Å². The van der Waals surface area contributed by atoms with E-state index in [9.17, 15) is 22.8 Å². The number of carbonyl (C=O) groups is 2. The van der Waals surface area contributed by atoms with Gasteiger partial charge < -0.3 is 10.4 Å². The van der Waals surface area contributed by atoms with Gasteiger partial charge in [0.05, 0.1) is 5.92 Å². The number of hydrogen-bond donors (Lipinski definition) is 2. The maximum absolute atomic E-state index is 11.7. The molecule has 0 radical (unpaired) electrons. The molecule has 0 aromatic rings. The van der Waals surface area contributed by atoms with Crippen LogP contribution in [0.2, 0.25) is 0 Å². The highest BCUT2D eigenvalue weighted by Crippen LogP contribution is 2.19. The first kappa shape index (κ1) is 13.7. The molecule has 2 atom stereocenters. The second kappa shape index (κ2) is 4.99. The first-order valence-electron chi connectivity index (χ1n) is 4.22. The van der Waals surface area contributed by atoms with Gasteiger partial charge in [-0.15, -0.1) is 0 Å². The SMILES string of the molecule is CC(NC(=O)CC(F)(F)F)C(C)C(=O)O. The number of halogens is 3. The predicted octanol–water partition coefficient (Wildman–Crippen LogP) is 1.16. The first-order chi connectivity index (χ1) is 6.63. The quantitative estimate of drug-likeness (QED) is 0.757. The molecule has 1 amide bonds. The lowest BCUT2D eigenvalue weighted by Gasteiger charge is -2.18. The predicted molar refractivity (Wildman–Crippen MR) is 45.1 cm³/mol. The molecule has 0 heterocycles. The lowest BCUT2D eigenvalue weighted by Crippen LogP contribution is -2.41. The molecule has 0 fully saturated rings. The number of alkyl halides is 3. The van der Waals surface area contributed by atoms with Crippen LogP contribution in [0.1, 0.15) is 20.3 Å². The van der Waals surface area contributed by atoms with Gasteiger partial charge in [-0.05, 0) is 13.8 Å². The molecule has 0 aliphatic carbocycles. The molecule has 0 aromatic heterocycles. The van der Waals surface area contributed by atoms with E-state index in [1.807, 2.05) is 5.32 Å². The van der Waals surface area contributed by atoms with Crippen LogP contribution in [0.25, 0.3) is 0 Å². The van der Waals surface area contributed by atoms with Crippen molar-refractivity contribution in [2.45, 2.75) is 32.5 Å². The minimum atomic E-state index is -4.57. The monoisotopic (exact) mass is 227 g/mol. The van der Waals surface area contributed by atoms with Gasteiger partial charge in [0.2, 0.25) is 5.91 Å². The molecule has 0 aliphatic rings. The summed E-state index contributed by atoms with van der Waals surface area (Å²) in [5, 5.41) is 10.5. The Morgan fingerprint density at radius 2 is 1.80 bits per heavy atom. The zero-order chi connectivity index (χ0) is 12.2. The van der Waals surface area contributed by atoms with Gasteiger partial charge in [0.15, 0.2) is 0 Å². The van der Waals surface area contributed by atoms with E-state index in [2.05, 4.69) is 0 Å². The van der Waals surface area contributed by atoms with E-state index < -0.39 is 36.4 Å². The van der Waals surface area contributed by atoms with E-state index in [4.69, 9.17) is 5.11 Å². The third kappa shape index (κ3) is 5.92. The van der Waals surface area contributed by atoms with Crippen molar-refractivity contribution in [2.24, 2.45) is 5.92 Å². The van der Waals surface area contributed by atoms with Crippen molar-refractivity contribution in [1.29, 1.82) is 0 Å². The average Bonchev–Trinajstić information content (AvgIpc) is 1.98. The van der Waals surface area contributed by atoms with Gasteiger partial charge in [-0.25, -0.2) is 0 Å². The van der Waals surface area contributed by atoms with Crippen LogP contribution in [0.15, 0.2) is 0 Å². The summed E-state index contributed by atoms with van der Waals surface area (Å²) in [6.45, 7) is 2.65. The van der Waals surface area contributed by atoms with Gasteiger partial charge in [-0.2, -0.15) is 13.2 Å². The molecule has 0 saturated heterocycles. The van der Waals surface area contributed by atoms with E-state index in [1.165, 1.54) is 13.8 Å². The first-order valence-corrected chi connectivity index (χ1v) is 4.22. The Labute approximate surface area is 84.5 Å². The van der Waals surface area contributed by atoms with E-state index in [-0.39, 0.29) is 0 Å². The zero-order valence-electron chi connectivity index (χ0n) is 8.26. The molecule has 0 bridgehead atoms. The summed E-state index contributed by atoms with van der Waals surface area (Å²) in [6, 6.07) is -0.836. The maximum atomic E-state index is 11.7. The Morgan fingerprint density at radius 1 is 1.33 bits per heavy atom. The van der Waals surface area contributed by atoms with Gasteiger partial charge in [-0.3, -0.25) is 9.59 Å². The van der Waals surface area contributed by atoms with Crippen molar-refractivity contribution >= 4 is 11.9 Å². The highest BCUT2D eigenvalue weighted by Gasteiger charge is 2.32. The van der Waals surface area contributed by atoms with Crippen LogP contribution in [0.4, 0.5) is 13.2 Å². The van der Waals surface area contributed by atoms with Crippen LogP contribution in [0.5, 0.6) is 0 Å². The molecule has 0 spiro atoms. The third-order valence-electron chi connectivity index (χ3n) is 1.89. The second-order valence-electron chi connectivity index (χ2n) is 3.28. The van der Waals surface area contributed by atoms with Crippen molar-refractivity contribution < 1.29 is 27.9 Å². The summed E-state index contributed by atoms with van der Waals surface area (Å²) in [6.07, 6.45) is -6.17.